The Kier molecular flexibility index (Phi) is 7.99. The van der Waals surface area contributed by atoms with Gasteiger partial charge in [-0.2, -0.15) is 0 Å². The van der Waals surface area contributed by atoms with Gasteiger partial charge in [0.2, 0.25) is 0 Å². The van der Waals surface area contributed by atoms with E-state index in [1.165, 1.54) is 12.0 Å². The number of carbonyl (C=O) groups excluding carboxylic acids is 2. The fourth-order valence-electron chi connectivity index (χ4n) is 4.16. The number of hydrogen-bond donors (Lipinski definition) is 1. The maximum atomic E-state index is 13.0. The molecule has 1 saturated heterocycles. The summed E-state index contributed by atoms with van der Waals surface area (Å²) in [7, 11) is 1.51. The summed E-state index contributed by atoms with van der Waals surface area (Å²) in [5.74, 6) is -1.17. The van der Waals surface area contributed by atoms with E-state index in [4.69, 9.17) is 32.7 Å². The normalized spacial score (nSPS) is 17.0. The number of aryl methyl sites for hydroxylation is 1. The van der Waals surface area contributed by atoms with Gasteiger partial charge >= 0.3 is 0 Å². The van der Waals surface area contributed by atoms with Gasteiger partial charge in [0.1, 0.15) is 18.1 Å². The second kappa shape index (κ2) is 11.2. The number of ether oxygens (including phenoxy) is 2. The highest BCUT2D eigenvalue weighted by Gasteiger charge is 2.46. The van der Waals surface area contributed by atoms with Crippen LogP contribution in [0.15, 0.2) is 72.3 Å². The van der Waals surface area contributed by atoms with E-state index in [2.05, 4.69) is 0 Å². The Labute approximate surface area is 219 Å². The van der Waals surface area contributed by atoms with Gasteiger partial charge in [-0.05, 0) is 54.4 Å². The number of benzene rings is 3. The maximum Gasteiger partial charge on any atom is 0.295 e. The minimum Gasteiger partial charge on any atom is -0.507 e. The van der Waals surface area contributed by atoms with E-state index in [0.717, 1.165) is 11.1 Å². The first-order valence-electron chi connectivity index (χ1n) is 11.3. The highest BCUT2D eigenvalue weighted by atomic mass is 35.5. The number of carbonyl (C=O) groups is 2. The van der Waals surface area contributed by atoms with Crippen molar-refractivity contribution in [2.45, 2.75) is 19.6 Å². The molecule has 0 saturated carbocycles. The van der Waals surface area contributed by atoms with Crippen LogP contribution in [-0.2, 0) is 20.9 Å². The van der Waals surface area contributed by atoms with Gasteiger partial charge in [-0.1, -0.05) is 59.1 Å². The molecular weight excluding hydrogens is 501 g/mol. The maximum absolute atomic E-state index is 13.0. The van der Waals surface area contributed by atoms with E-state index in [-0.39, 0.29) is 29.5 Å². The number of likely N-dealkylation sites (tertiary alicyclic amines) is 1. The molecule has 1 fully saturated rings. The Morgan fingerprint density at radius 1 is 1.00 bits per heavy atom. The van der Waals surface area contributed by atoms with Crippen molar-refractivity contribution in [3.05, 3.63) is 105 Å². The molecule has 1 unspecified atom stereocenters. The monoisotopic (exact) mass is 525 g/mol. The minimum atomic E-state index is -0.841. The van der Waals surface area contributed by atoms with Gasteiger partial charge in [-0.15, -0.1) is 0 Å². The molecule has 1 N–H and O–H groups in total. The van der Waals surface area contributed by atoms with Crippen LogP contribution in [0, 0.1) is 6.92 Å². The Morgan fingerprint density at radius 3 is 2.42 bits per heavy atom. The van der Waals surface area contributed by atoms with Crippen LogP contribution in [-0.4, -0.2) is 42.0 Å². The summed E-state index contributed by atoms with van der Waals surface area (Å²) in [6.07, 6.45) is 0. The molecule has 4 rings (SSSR count). The van der Waals surface area contributed by atoms with E-state index in [1.54, 1.807) is 42.5 Å². The van der Waals surface area contributed by atoms with Crippen LogP contribution < -0.4 is 4.74 Å². The predicted octanol–water partition coefficient (Wildman–Crippen LogP) is 5.95. The Balaban J connectivity index is 1.66. The van der Waals surface area contributed by atoms with Gasteiger partial charge in [0.25, 0.3) is 11.7 Å². The molecule has 1 aliphatic heterocycles. The third-order valence-corrected chi connectivity index (χ3v) is 6.69. The number of halogens is 2. The third-order valence-electron chi connectivity index (χ3n) is 5.95. The molecule has 3 aromatic rings. The van der Waals surface area contributed by atoms with Gasteiger partial charge in [0.15, 0.2) is 0 Å². The molecular formula is C28H25Cl2NO5. The van der Waals surface area contributed by atoms with Gasteiger partial charge < -0.3 is 19.5 Å². The number of Topliss-reactive ketones (excluding diaryl/α,β-unsaturated/α-hetero) is 1. The third kappa shape index (κ3) is 5.41. The molecule has 8 heteroatoms. The average Bonchev–Trinajstić information content (AvgIpc) is 3.12. The van der Waals surface area contributed by atoms with Crippen LogP contribution in [0.5, 0.6) is 5.75 Å². The highest BCUT2D eigenvalue weighted by molar-refractivity contribution is 6.46. The van der Waals surface area contributed by atoms with E-state index >= 15 is 0 Å². The lowest BCUT2D eigenvalue weighted by molar-refractivity contribution is -0.140. The Morgan fingerprint density at radius 2 is 1.75 bits per heavy atom. The Bertz CT molecular complexity index is 1320. The molecule has 6 nitrogen and oxygen atoms in total. The molecule has 3 aromatic carbocycles. The molecule has 186 valence electrons. The summed E-state index contributed by atoms with van der Waals surface area (Å²) < 4.78 is 11.0. The van der Waals surface area contributed by atoms with Gasteiger partial charge in [-0.25, -0.2) is 0 Å². The van der Waals surface area contributed by atoms with Crippen molar-refractivity contribution >= 4 is 40.7 Å². The summed E-state index contributed by atoms with van der Waals surface area (Å²) in [6, 6.07) is 18.8. The highest BCUT2D eigenvalue weighted by Crippen LogP contribution is 2.41. The number of amides is 1. The fourth-order valence-corrected chi connectivity index (χ4v) is 4.47. The van der Waals surface area contributed by atoms with Crippen molar-refractivity contribution in [3.8, 4) is 5.75 Å². The lowest BCUT2D eigenvalue weighted by atomic mass is 9.95. The van der Waals surface area contributed by atoms with Crippen molar-refractivity contribution in [2.24, 2.45) is 0 Å². The zero-order valence-corrected chi connectivity index (χ0v) is 21.3. The smallest absolute Gasteiger partial charge is 0.295 e. The number of hydrogen-bond acceptors (Lipinski definition) is 5. The van der Waals surface area contributed by atoms with Gasteiger partial charge in [-0.3, -0.25) is 9.59 Å². The van der Waals surface area contributed by atoms with Crippen molar-refractivity contribution < 1.29 is 24.2 Å². The second-order valence-electron chi connectivity index (χ2n) is 8.46. The van der Waals surface area contributed by atoms with Crippen molar-refractivity contribution in [3.63, 3.8) is 0 Å². The second-order valence-corrected chi connectivity index (χ2v) is 9.28. The molecule has 1 amide bonds. The van der Waals surface area contributed by atoms with E-state index in [9.17, 15) is 14.7 Å². The van der Waals surface area contributed by atoms with E-state index in [1.807, 2.05) is 31.2 Å². The molecule has 0 radical (unpaired) electrons. The topological polar surface area (TPSA) is 76.1 Å². The zero-order valence-electron chi connectivity index (χ0n) is 19.8. The van der Waals surface area contributed by atoms with Gasteiger partial charge in [0.05, 0.1) is 28.3 Å². The first kappa shape index (κ1) is 25.8. The van der Waals surface area contributed by atoms with E-state index in [0.29, 0.717) is 28.5 Å². The van der Waals surface area contributed by atoms with Crippen LogP contribution in [0.25, 0.3) is 5.76 Å². The molecule has 36 heavy (non-hydrogen) atoms. The predicted molar refractivity (Wildman–Crippen MR) is 139 cm³/mol. The summed E-state index contributed by atoms with van der Waals surface area (Å²) in [5.41, 5.74) is 3.10. The van der Waals surface area contributed by atoms with Crippen molar-refractivity contribution in [1.82, 2.24) is 4.90 Å². The van der Waals surface area contributed by atoms with Crippen molar-refractivity contribution in [2.75, 3.05) is 20.3 Å². The quantitative estimate of drug-likeness (QED) is 0.223. The lowest BCUT2D eigenvalue weighted by Crippen LogP contribution is -2.32. The number of aliphatic hydroxyl groups is 1. The number of aliphatic hydroxyl groups excluding tert-OH is 1. The van der Waals surface area contributed by atoms with Crippen LogP contribution in [0.2, 0.25) is 10.0 Å². The number of nitrogens with zero attached hydrogens (tertiary/aromatic N) is 1. The average molecular weight is 526 g/mol. The number of rotatable bonds is 8. The van der Waals surface area contributed by atoms with Crippen LogP contribution in [0.3, 0.4) is 0 Å². The molecule has 0 spiro atoms. The fraction of sp³-hybridized carbons (Fsp3) is 0.214. The first-order chi connectivity index (χ1) is 17.3. The first-order valence-corrected chi connectivity index (χ1v) is 12.1. The Hall–Kier alpha value is -3.32. The molecule has 0 aliphatic carbocycles. The standard InChI is InChI=1S/C28H25Cl2NO5/c1-17-4-3-5-18(14-17)16-36-21-9-6-19(7-10-21)26(32)24-25(20-8-11-22(29)23(30)15-20)31(12-13-35-2)28(34)27(24)33/h3-11,14-15,25,32H,12-13,16H2,1-2H3/b26-24+. The largest absolute Gasteiger partial charge is 0.507 e. The summed E-state index contributed by atoms with van der Waals surface area (Å²) in [6.45, 7) is 2.80. The summed E-state index contributed by atoms with van der Waals surface area (Å²) in [5, 5.41) is 11.8. The summed E-state index contributed by atoms with van der Waals surface area (Å²) in [4.78, 5) is 27.3. The zero-order chi connectivity index (χ0) is 25.8. The minimum absolute atomic E-state index is 0.0251. The molecule has 1 heterocycles. The molecule has 0 aromatic heterocycles. The SMILES string of the molecule is COCCN1C(=O)C(=O)/C(=C(/O)c2ccc(OCc3cccc(C)c3)cc2)C1c1ccc(Cl)c(Cl)c1. The van der Waals surface area contributed by atoms with Crippen molar-refractivity contribution in [1.29, 1.82) is 0 Å². The molecule has 0 bridgehead atoms. The summed E-state index contributed by atoms with van der Waals surface area (Å²) >= 11 is 12.3. The molecule has 1 atom stereocenters. The van der Waals surface area contributed by atoms with Gasteiger partial charge in [0, 0.05) is 19.2 Å². The number of methoxy groups -OCH3 is 1. The van der Waals surface area contributed by atoms with Crippen LogP contribution in [0.1, 0.15) is 28.3 Å². The van der Waals surface area contributed by atoms with Crippen LogP contribution in [0.4, 0.5) is 0 Å². The van der Waals surface area contributed by atoms with Crippen LogP contribution >= 0.6 is 23.2 Å². The lowest BCUT2D eigenvalue weighted by Gasteiger charge is -2.25. The van der Waals surface area contributed by atoms with E-state index < -0.39 is 17.7 Å². The number of ketones is 1. The molecule has 1 aliphatic rings.